The van der Waals surface area contributed by atoms with E-state index in [0.717, 1.165) is 12.5 Å². The van der Waals surface area contributed by atoms with E-state index < -0.39 is 12.5 Å². The molecule has 0 fully saturated rings. The Morgan fingerprint density at radius 1 is 1.12 bits per heavy atom. The molecule has 0 saturated carbocycles. The van der Waals surface area contributed by atoms with E-state index >= 15 is 0 Å². The molecule has 1 aromatic rings. The highest BCUT2D eigenvalue weighted by Crippen LogP contribution is 2.12. The number of hydrogen-bond acceptors (Lipinski definition) is 2. The maximum atomic E-state index is 12.3. The fourth-order valence-corrected chi connectivity index (χ4v) is 0.827. The van der Waals surface area contributed by atoms with Crippen LogP contribution in [0.5, 0.6) is 0 Å². The predicted molar refractivity (Wildman–Crippen MR) is 67.2 cm³/mol. The molecule has 2 nitrogen and oxygen atoms in total. The third-order valence-corrected chi connectivity index (χ3v) is 1.37. The molecule has 0 saturated heterocycles. The van der Waals surface area contributed by atoms with Gasteiger partial charge in [-0.15, -0.1) is 0 Å². The van der Waals surface area contributed by atoms with Crippen molar-refractivity contribution in [1.82, 2.24) is 4.98 Å². The Morgan fingerprint density at radius 2 is 1.59 bits per heavy atom. The number of alkyl halides is 2. The number of hydrogen-bond donors (Lipinski definition) is 0. The maximum absolute atomic E-state index is 12.3. The minimum atomic E-state index is -2.76. The molecule has 1 heterocycles. The Labute approximate surface area is 103 Å². The molecule has 0 N–H and O–H groups in total. The molecular formula is C13H23F2NO. The van der Waals surface area contributed by atoms with Gasteiger partial charge in [0.15, 0.2) is 0 Å². The second-order valence-electron chi connectivity index (χ2n) is 2.92. The fourth-order valence-electron chi connectivity index (χ4n) is 0.827. The first-order chi connectivity index (χ1) is 8.08. The summed E-state index contributed by atoms with van der Waals surface area (Å²) in [5, 5.41) is 0. The van der Waals surface area contributed by atoms with Crippen molar-refractivity contribution >= 4 is 0 Å². The van der Waals surface area contributed by atoms with Crippen LogP contribution in [-0.2, 0) is 11.3 Å². The summed E-state index contributed by atoms with van der Waals surface area (Å²) in [5.41, 5.74) is 0.847. The van der Waals surface area contributed by atoms with E-state index in [-0.39, 0.29) is 6.61 Å². The minimum absolute atomic E-state index is 0.200. The SMILES string of the molecule is CC.CC.CC(F)(F)COCc1ccncc1. The molecule has 0 aliphatic heterocycles. The van der Waals surface area contributed by atoms with Crippen LogP contribution in [0.1, 0.15) is 40.2 Å². The summed E-state index contributed by atoms with van der Waals surface area (Å²) in [6.07, 6.45) is 3.20. The number of halogens is 2. The van der Waals surface area contributed by atoms with E-state index in [1.54, 1.807) is 24.5 Å². The fraction of sp³-hybridized carbons (Fsp3) is 0.615. The van der Waals surface area contributed by atoms with E-state index in [1.807, 2.05) is 27.7 Å². The third kappa shape index (κ3) is 12.9. The minimum Gasteiger partial charge on any atom is -0.371 e. The molecule has 1 aromatic heterocycles. The van der Waals surface area contributed by atoms with Crippen LogP contribution >= 0.6 is 0 Å². The molecule has 0 spiro atoms. The lowest BCUT2D eigenvalue weighted by Crippen LogP contribution is -2.18. The topological polar surface area (TPSA) is 22.1 Å². The maximum Gasteiger partial charge on any atom is 0.268 e. The van der Waals surface area contributed by atoms with Gasteiger partial charge in [0.25, 0.3) is 5.92 Å². The van der Waals surface area contributed by atoms with Crippen molar-refractivity contribution in [2.24, 2.45) is 0 Å². The van der Waals surface area contributed by atoms with Gasteiger partial charge in [0.05, 0.1) is 6.61 Å². The lowest BCUT2D eigenvalue weighted by molar-refractivity contribution is -0.0673. The van der Waals surface area contributed by atoms with Gasteiger partial charge in [0.2, 0.25) is 0 Å². The Morgan fingerprint density at radius 3 is 2.00 bits per heavy atom. The van der Waals surface area contributed by atoms with Crippen LogP contribution in [0.4, 0.5) is 8.78 Å². The summed E-state index contributed by atoms with van der Waals surface area (Å²) in [5.74, 6) is -2.76. The largest absolute Gasteiger partial charge is 0.371 e. The number of pyridine rings is 1. The van der Waals surface area contributed by atoms with E-state index in [2.05, 4.69) is 4.98 Å². The molecule has 0 aliphatic carbocycles. The number of ether oxygens (including phenoxy) is 1. The van der Waals surface area contributed by atoms with Crippen molar-refractivity contribution in [2.45, 2.75) is 47.1 Å². The predicted octanol–water partition coefficient (Wildman–Crippen LogP) is 4.31. The van der Waals surface area contributed by atoms with Crippen LogP contribution in [0.3, 0.4) is 0 Å². The molecule has 100 valence electrons. The Kier molecular flexibility index (Phi) is 12.4. The average Bonchev–Trinajstić information content (AvgIpc) is 2.34. The third-order valence-electron chi connectivity index (χ3n) is 1.37. The van der Waals surface area contributed by atoms with Crippen LogP contribution in [0.25, 0.3) is 0 Å². The zero-order chi connectivity index (χ0) is 13.7. The molecule has 4 heteroatoms. The van der Waals surface area contributed by atoms with Crippen LogP contribution in [0.2, 0.25) is 0 Å². The monoisotopic (exact) mass is 247 g/mol. The number of aromatic nitrogens is 1. The molecule has 0 bridgehead atoms. The summed E-state index contributed by atoms with van der Waals surface area (Å²) in [6, 6.07) is 3.46. The van der Waals surface area contributed by atoms with E-state index in [0.29, 0.717) is 0 Å². The van der Waals surface area contributed by atoms with Gasteiger partial charge >= 0.3 is 0 Å². The smallest absolute Gasteiger partial charge is 0.268 e. The highest BCUT2D eigenvalue weighted by molar-refractivity contribution is 5.07. The van der Waals surface area contributed by atoms with E-state index in [4.69, 9.17) is 4.74 Å². The molecule has 0 unspecified atom stereocenters. The lowest BCUT2D eigenvalue weighted by atomic mass is 10.3. The van der Waals surface area contributed by atoms with Gasteiger partial charge in [0.1, 0.15) is 6.61 Å². The average molecular weight is 247 g/mol. The van der Waals surface area contributed by atoms with Crippen molar-refractivity contribution in [1.29, 1.82) is 0 Å². The Bertz CT molecular complexity index is 247. The van der Waals surface area contributed by atoms with Crippen LogP contribution < -0.4 is 0 Å². The first-order valence-corrected chi connectivity index (χ1v) is 5.92. The Hall–Kier alpha value is -1.03. The number of nitrogens with zero attached hydrogens (tertiary/aromatic N) is 1. The summed E-state index contributed by atoms with van der Waals surface area (Å²) in [7, 11) is 0. The van der Waals surface area contributed by atoms with E-state index in [9.17, 15) is 8.78 Å². The highest BCUT2D eigenvalue weighted by Gasteiger charge is 2.20. The summed E-state index contributed by atoms with van der Waals surface area (Å²) >= 11 is 0. The first-order valence-electron chi connectivity index (χ1n) is 5.92. The van der Waals surface area contributed by atoms with Crippen molar-refractivity contribution in [3.05, 3.63) is 30.1 Å². The van der Waals surface area contributed by atoms with Gasteiger partial charge in [-0.05, 0) is 17.7 Å². The molecule has 0 radical (unpaired) electrons. The van der Waals surface area contributed by atoms with Crippen molar-refractivity contribution in [2.75, 3.05) is 6.61 Å². The van der Waals surface area contributed by atoms with E-state index in [1.165, 1.54) is 0 Å². The normalized spacial score (nSPS) is 9.59. The quantitative estimate of drug-likeness (QED) is 0.791. The highest BCUT2D eigenvalue weighted by atomic mass is 19.3. The molecule has 17 heavy (non-hydrogen) atoms. The lowest BCUT2D eigenvalue weighted by Gasteiger charge is -2.10. The van der Waals surface area contributed by atoms with Crippen molar-refractivity contribution < 1.29 is 13.5 Å². The van der Waals surface area contributed by atoms with Gasteiger partial charge in [-0.1, -0.05) is 27.7 Å². The molecule has 0 aromatic carbocycles. The molecule has 0 amide bonds. The van der Waals surface area contributed by atoms with Crippen molar-refractivity contribution in [3.8, 4) is 0 Å². The first kappa shape index (κ1) is 18.3. The van der Waals surface area contributed by atoms with Crippen LogP contribution in [0, 0.1) is 0 Å². The zero-order valence-electron chi connectivity index (χ0n) is 11.3. The zero-order valence-corrected chi connectivity index (χ0v) is 11.3. The Balaban J connectivity index is 0. The molecule has 1 rings (SSSR count). The van der Waals surface area contributed by atoms with Crippen molar-refractivity contribution in [3.63, 3.8) is 0 Å². The van der Waals surface area contributed by atoms with Gasteiger partial charge in [-0.3, -0.25) is 4.98 Å². The second-order valence-corrected chi connectivity index (χ2v) is 2.92. The molecule has 0 aliphatic rings. The van der Waals surface area contributed by atoms with Gasteiger partial charge in [-0.25, -0.2) is 8.78 Å². The van der Waals surface area contributed by atoms with Gasteiger partial charge in [-0.2, -0.15) is 0 Å². The van der Waals surface area contributed by atoms with Gasteiger partial charge in [0, 0.05) is 19.3 Å². The number of rotatable bonds is 4. The van der Waals surface area contributed by atoms with Crippen LogP contribution in [-0.4, -0.2) is 17.5 Å². The summed E-state index contributed by atoms with van der Waals surface area (Å²) < 4.78 is 29.4. The summed E-state index contributed by atoms with van der Waals surface area (Å²) in [6.45, 7) is 8.49. The standard InChI is InChI=1S/C9H11F2NO.2C2H6/c1-9(10,11)7-13-6-8-2-4-12-5-3-8;2*1-2/h2-5H,6-7H2,1H3;2*1-2H3. The van der Waals surface area contributed by atoms with Crippen LogP contribution in [0.15, 0.2) is 24.5 Å². The second kappa shape index (κ2) is 11.5. The summed E-state index contributed by atoms with van der Waals surface area (Å²) in [4.78, 5) is 3.80. The molecule has 0 atom stereocenters. The molecular weight excluding hydrogens is 224 g/mol. The van der Waals surface area contributed by atoms with Gasteiger partial charge < -0.3 is 4.74 Å².